The predicted molar refractivity (Wildman–Crippen MR) is 68.7 cm³/mol. The molecule has 2 aromatic heterocycles. The topological polar surface area (TPSA) is 75.7 Å². The second kappa shape index (κ2) is 6.00. The second-order valence-corrected chi connectivity index (χ2v) is 3.84. The van der Waals surface area contributed by atoms with Gasteiger partial charge in [0.15, 0.2) is 0 Å². The number of H-pyrrole nitrogens is 1. The Labute approximate surface area is 106 Å². The highest BCUT2D eigenvalue weighted by Crippen LogP contribution is 2.19. The largest absolute Gasteiger partial charge is 0.478 e. The van der Waals surface area contributed by atoms with Crippen molar-refractivity contribution in [3.63, 3.8) is 0 Å². The monoisotopic (exact) mass is 247 g/mol. The van der Waals surface area contributed by atoms with Gasteiger partial charge >= 0.3 is 0 Å². The summed E-state index contributed by atoms with van der Waals surface area (Å²) in [5, 5.41) is 3.27. The Bertz CT molecular complexity index is 483. The molecule has 96 valence electrons. The Morgan fingerprint density at radius 2 is 2.28 bits per heavy atom. The van der Waals surface area contributed by atoms with Crippen LogP contribution in [0.15, 0.2) is 18.9 Å². The van der Waals surface area contributed by atoms with Crippen LogP contribution < -0.4 is 10.1 Å². The third kappa shape index (κ3) is 2.97. The summed E-state index contributed by atoms with van der Waals surface area (Å²) in [5.41, 5.74) is 2.03. The third-order valence-corrected chi connectivity index (χ3v) is 2.56. The van der Waals surface area contributed by atoms with E-state index >= 15 is 0 Å². The van der Waals surface area contributed by atoms with Crippen LogP contribution >= 0.6 is 0 Å². The Morgan fingerprint density at radius 3 is 3.00 bits per heavy atom. The molecule has 0 radical (unpaired) electrons. The number of nitrogens with zero attached hydrogens (tertiary/aromatic N) is 3. The van der Waals surface area contributed by atoms with E-state index in [2.05, 4.69) is 25.3 Å². The minimum Gasteiger partial charge on any atom is -0.478 e. The summed E-state index contributed by atoms with van der Waals surface area (Å²) in [6.45, 7) is 5.27. The first-order valence-electron chi connectivity index (χ1n) is 5.96. The van der Waals surface area contributed by atoms with Crippen LogP contribution in [0.25, 0.3) is 0 Å². The average Bonchev–Trinajstić information content (AvgIpc) is 2.87. The lowest BCUT2D eigenvalue weighted by molar-refractivity contribution is 0.324. The van der Waals surface area contributed by atoms with Crippen LogP contribution in [-0.4, -0.2) is 33.1 Å². The number of rotatable bonds is 6. The van der Waals surface area contributed by atoms with Gasteiger partial charge in [0.1, 0.15) is 12.1 Å². The van der Waals surface area contributed by atoms with E-state index < -0.39 is 0 Å². The number of nitrogens with one attached hydrogen (secondary N) is 2. The molecule has 0 spiro atoms. The number of hydrogen-bond acceptors (Lipinski definition) is 5. The van der Waals surface area contributed by atoms with Gasteiger partial charge in [-0.1, -0.05) is 0 Å². The van der Waals surface area contributed by atoms with Crippen molar-refractivity contribution < 1.29 is 4.74 Å². The fourth-order valence-corrected chi connectivity index (χ4v) is 1.63. The molecule has 2 rings (SSSR count). The fraction of sp³-hybridized carbons (Fsp3) is 0.417. The zero-order valence-corrected chi connectivity index (χ0v) is 10.6. The molecule has 0 aromatic carbocycles. The summed E-state index contributed by atoms with van der Waals surface area (Å²) in [4.78, 5) is 15.3. The molecule has 0 aliphatic heterocycles. The molecule has 0 unspecified atom stereocenters. The maximum absolute atomic E-state index is 5.42. The smallest absolute Gasteiger partial charge is 0.221 e. The van der Waals surface area contributed by atoms with Gasteiger partial charge in [0.2, 0.25) is 5.88 Å². The molecule has 0 saturated heterocycles. The number of aromatic amines is 1. The molecule has 2 N–H and O–H groups in total. The summed E-state index contributed by atoms with van der Waals surface area (Å²) in [6, 6.07) is 0. The number of imidazole rings is 1. The van der Waals surface area contributed by atoms with Crippen LogP contribution in [0.4, 0.5) is 5.82 Å². The number of hydrogen-bond donors (Lipinski definition) is 2. The van der Waals surface area contributed by atoms with Crippen molar-refractivity contribution in [1.82, 2.24) is 19.9 Å². The molecule has 2 aromatic rings. The summed E-state index contributed by atoms with van der Waals surface area (Å²) >= 11 is 0. The highest BCUT2D eigenvalue weighted by atomic mass is 16.5. The van der Waals surface area contributed by atoms with Gasteiger partial charge in [0.05, 0.1) is 18.5 Å². The van der Waals surface area contributed by atoms with Gasteiger partial charge < -0.3 is 15.0 Å². The second-order valence-electron chi connectivity index (χ2n) is 3.84. The van der Waals surface area contributed by atoms with Gasteiger partial charge in [-0.05, 0) is 13.8 Å². The highest BCUT2D eigenvalue weighted by molar-refractivity contribution is 5.47. The van der Waals surface area contributed by atoms with E-state index in [-0.39, 0.29) is 0 Å². The molecular formula is C12H17N5O. The lowest BCUT2D eigenvalue weighted by atomic mass is 10.3. The zero-order valence-electron chi connectivity index (χ0n) is 10.6. The van der Waals surface area contributed by atoms with Gasteiger partial charge in [0, 0.05) is 24.9 Å². The van der Waals surface area contributed by atoms with Gasteiger partial charge in [0.25, 0.3) is 0 Å². The van der Waals surface area contributed by atoms with Crippen molar-refractivity contribution in [3.05, 3.63) is 30.1 Å². The van der Waals surface area contributed by atoms with Crippen molar-refractivity contribution in [3.8, 4) is 5.88 Å². The first kappa shape index (κ1) is 12.3. The van der Waals surface area contributed by atoms with E-state index in [1.165, 1.54) is 6.33 Å². The lowest BCUT2D eigenvalue weighted by Gasteiger charge is -2.10. The van der Waals surface area contributed by atoms with Crippen LogP contribution in [0, 0.1) is 6.92 Å². The van der Waals surface area contributed by atoms with Crippen LogP contribution in [0.5, 0.6) is 5.88 Å². The number of aromatic nitrogens is 4. The molecule has 2 heterocycles. The number of ether oxygens (including phenoxy) is 1. The Kier molecular flexibility index (Phi) is 4.11. The Hall–Kier alpha value is -2.11. The molecule has 0 aliphatic rings. The summed E-state index contributed by atoms with van der Waals surface area (Å²) in [5.74, 6) is 1.45. The first-order valence-corrected chi connectivity index (χ1v) is 5.96. The first-order chi connectivity index (χ1) is 8.81. The van der Waals surface area contributed by atoms with Gasteiger partial charge in [-0.2, -0.15) is 0 Å². The van der Waals surface area contributed by atoms with Gasteiger partial charge in [-0.15, -0.1) is 0 Å². The SMILES string of the molecule is CCOc1ncnc(NCCc2cnc[nH]2)c1C. The van der Waals surface area contributed by atoms with E-state index in [0.29, 0.717) is 12.5 Å². The van der Waals surface area contributed by atoms with Gasteiger partial charge in [-0.25, -0.2) is 15.0 Å². The molecule has 0 fully saturated rings. The molecule has 6 nitrogen and oxygen atoms in total. The van der Waals surface area contributed by atoms with E-state index in [0.717, 1.165) is 30.0 Å². The zero-order chi connectivity index (χ0) is 12.8. The standard InChI is InChI=1S/C12H17N5O/c1-3-18-12-9(2)11(16-8-17-12)14-5-4-10-6-13-7-15-10/h6-8H,3-5H2,1-2H3,(H,13,15)(H,14,16,17). The fourth-order valence-electron chi connectivity index (χ4n) is 1.63. The summed E-state index contributed by atoms with van der Waals surface area (Å²) in [6.07, 6.45) is 5.88. The minimum atomic E-state index is 0.603. The molecule has 18 heavy (non-hydrogen) atoms. The van der Waals surface area contributed by atoms with Crippen LogP contribution in [0.2, 0.25) is 0 Å². The molecular weight excluding hydrogens is 230 g/mol. The molecule has 0 amide bonds. The quantitative estimate of drug-likeness (QED) is 0.810. The van der Waals surface area contributed by atoms with Crippen LogP contribution in [0.1, 0.15) is 18.2 Å². The van der Waals surface area contributed by atoms with Crippen molar-refractivity contribution in [2.75, 3.05) is 18.5 Å². The van der Waals surface area contributed by atoms with Crippen molar-refractivity contribution in [2.45, 2.75) is 20.3 Å². The molecule has 0 bridgehead atoms. The summed E-state index contributed by atoms with van der Waals surface area (Å²) < 4.78 is 5.42. The normalized spacial score (nSPS) is 10.3. The van der Waals surface area contributed by atoms with E-state index in [1.807, 2.05) is 20.0 Å². The van der Waals surface area contributed by atoms with Gasteiger partial charge in [-0.3, -0.25) is 0 Å². The van der Waals surface area contributed by atoms with E-state index in [1.54, 1.807) is 6.33 Å². The number of anilines is 1. The van der Waals surface area contributed by atoms with Crippen molar-refractivity contribution in [1.29, 1.82) is 0 Å². The Morgan fingerprint density at radius 1 is 1.39 bits per heavy atom. The lowest BCUT2D eigenvalue weighted by Crippen LogP contribution is -2.09. The van der Waals surface area contributed by atoms with Crippen molar-refractivity contribution >= 4 is 5.82 Å². The predicted octanol–water partition coefficient (Wildman–Crippen LogP) is 1.56. The highest BCUT2D eigenvalue weighted by Gasteiger charge is 2.07. The van der Waals surface area contributed by atoms with Crippen molar-refractivity contribution in [2.24, 2.45) is 0 Å². The van der Waals surface area contributed by atoms with Crippen LogP contribution in [-0.2, 0) is 6.42 Å². The summed E-state index contributed by atoms with van der Waals surface area (Å²) in [7, 11) is 0. The maximum atomic E-state index is 5.42. The van der Waals surface area contributed by atoms with Crippen LogP contribution in [0.3, 0.4) is 0 Å². The third-order valence-electron chi connectivity index (χ3n) is 2.56. The Balaban J connectivity index is 1.94. The van der Waals surface area contributed by atoms with E-state index in [4.69, 9.17) is 4.74 Å². The molecule has 0 atom stereocenters. The maximum Gasteiger partial charge on any atom is 0.221 e. The molecule has 6 heteroatoms. The minimum absolute atomic E-state index is 0.603. The molecule has 0 aliphatic carbocycles. The molecule has 0 saturated carbocycles. The average molecular weight is 247 g/mol. The van der Waals surface area contributed by atoms with E-state index in [9.17, 15) is 0 Å².